The summed E-state index contributed by atoms with van der Waals surface area (Å²) in [6.07, 6.45) is 1.67. The van der Waals surface area contributed by atoms with Crippen LogP contribution in [0.1, 0.15) is 5.56 Å². The second-order valence-corrected chi connectivity index (χ2v) is 4.23. The summed E-state index contributed by atoms with van der Waals surface area (Å²) < 4.78 is 5.06. The first-order chi connectivity index (χ1) is 8.56. The highest BCUT2D eigenvalue weighted by Gasteiger charge is 2.10. The summed E-state index contributed by atoms with van der Waals surface area (Å²) >= 11 is 6.02. The molecule has 0 aromatic heterocycles. The molecule has 0 amide bonds. The minimum Gasteiger partial charge on any atom is -0.495 e. The van der Waals surface area contributed by atoms with Gasteiger partial charge in [0.05, 0.1) is 18.7 Å². The lowest BCUT2D eigenvalue weighted by Gasteiger charge is -2.18. The van der Waals surface area contributed by atoms with E-state index in [1.165, 1.54) is 0 Å². The topological polar surface area (TPSA) is 49.8 Å². The zero-order valence-corrected chi connectivity index (χ0v) is 11.0. The third-order valence-electron chi connectivity index (χ3n) is 2.37. The van der Waals surface area contributed by atoms with Crippen molar-refractivity contribution in [3.05, 3.63) is 41.4 Å². The van der Waals surface area contributed by atoms with E-state index in [2.05, 4.69) is 6.58 Å². The summed E-state index contributed by atoms with van der Waals surface area (Å²) in [6.45, 7) is 4.59. The molecule has 1 aromatic rings. The summed E-state index contributed by atoms with van der Waals surface area (Å²) in [6, 6.07) is 5.41. The van der Waals surface area contributed by atoms with Gasteiger partial charge in [-0.25, -0.2) is 0 Å². The van der Waals surface area contributed by atoms with Crippen LogP contribution in [0.5, 0.6) is 5.75 Å². The number of hydrogen-bond donors (Lipinski definition) is 1. The fraction of sp³-hybridized carbons (Fsp3) is 0.308. The first-order valence-corrected chi connectivity index (χ1v) is 5.82. The third-order valence-corrected chi connectivity index (χ3v) is 2.66. The summed E-state index contributed by atoms with van der Waals surface area (Å²) in [5.74, 6) is -0.259. The Morgan fingerprint density at radius 3 is 2.83 bits per heavy atom. The van der Waals surface area contributed by atoms with E-state index in [0.29, 0.717) is 23.9 Å². The van der Waals surface area contributed by atoms with E-state index in [0.717, 1.165) is 5.56 Å². The smallest absolute Gasteiger partial charge is 0.317 e. The van der Waals surface area contributed by atoms with Gasteiger partial charge in [-0.05, 0) is 17.7 Å². The van der Waals surface area contributed by atoms with Crippen molar-refractivity contribution in [1.82, 2.24) is 4.90 Å². The maximum absolute atomic E-state index is 10.7. The average molecular weight is 270 g/mol. The number of halogens is 1. The van der Waals surface area contributed by atoms with Gasteiger partial charge in [-0.2, -0.15) is 0 Å². The van der Waals surface area contributed by atoms with E-state index in [9.17, 15) is 4.79 Å². The van der Waals surface area contributed by atoms with Crippen LogP contribution in [-0.4, -0.2) is 36.2 Å². The maximum atomic E-state index is 10.7. The van der Waals surface area contributed by atoms with Crippen molar-refractivity contribution in [2.75, 3.05) is 20.2 Å². The van der Waals surface area contributed by atoms with Crippen LogP contribution in [0.25, 0.3) is 0 Å². The van der Waals surface area contributed by atoms with Crippen LogP contribution in [0.2, 0.25) is 5.02 Å². The third kappa shape index (κ3) is 4.39. The lowest BCUT2D eigenvalue weighted by molar-refractivity contribution is -0.138. The molecule has 1 N–H and O–H groups in total. The Morgan fingerprint density at radius 2 is 2.33 bits per heavy atom. The molecule has 0 saturated carbocycles. The average Bonchev–Trinajstić information content (AvgIpc) is 2.28. The van der Waals surface area contributed by atoms with Crippen LogP contribution in [-0.2, 0) is 11.3 Å². The number of benzene rings is 1. The minimum atomic E-state index is -0.864. The van der Waals surface area contributed by atoms with Gasteiger partial charge in [0.1, 0.15) is 5.75 Å². The van der Waals surface area contributed by atoms with Crippen molar-refractivity contribution in [2.45, 2.75) is 6.54 Å². The van der Waals surface area contributed by atoms with Crippen molar-refractivity contribution in [2.24, 2.45) is 0 Å². The number of carboxylic acids is 1. The molecule has 0 aliphatic heterocycles. The zero-order chi connectivity index (χ0) is 13.5. The van der Waals surface area contributed by atoms with Gasteiger partial charge in [-0.3, -0.25) is 9.69 Å². The molecule has 0 unspecified atom stereocenters. The van der Waals surface area contributed by atoms with Crippen molar-refractivity contribution in [3.63, 3.8) is 0 Å². The molecule has 18 heavy (non-hydrogen) atoms. The number of carboxylic acid groups (broad SMARTS) is 1. The quantitative estimate of drug-likeness (QED) is 0.773. The first kappa shape index (κ1) is 14.5. The van der Waals surface area contributed by atoms with Crippen LogP contribution in [0, 0.1) is 0 Å². The molecular formula is C13H16ClNO3. The lowest BCUT2D eigenvalue weighted by atomic mass is 10.2. The molecule has 0 aliphatic carbocycles. The van der Waals surface area contributed by atoms with Gasteiger partial charge in [0, 0.05) is 13.1 Å². The molecule has 98 valence electrons. The number of rotatable bonds is 7. The molecule has 4 nitrogen and oxygen atoms in total. The Bertz CT molecular complexity index is 434. The second kappa shape index (κ2) is 7.03. The van der Waals surface area contributed by atoms with Gasteiger partial charge in [0.2, 0.25) is 0 Å². The molecule has 0 saturated heterocycles. The van der Waals surface area contributed by atoms with E-state index in [-0.39, 0.29) is 6.54 Å². The predicted octanol–water partition coefficient (Wildman–Crippen LogP) is 2.42. The molecule has 1 rings (SSSR count). The van der Waals surface area contributed by atoms with Crippen molar-refractivity contribution < 1.29 is 14.6 Å². The van der Waals surface area contributed by atoms with Gasteiger partial charge >= 0.3 is 5.97 Å². The van der Waals surface area contributed by atoms with Crippen LogP contribution in [0.4, 0.5) is 0 Å². The van der Waals surface area contributed by atoms with Crippen LogP contribution in [0.3, 0.4) is 0 Å². The highest BCUT2D eigenvalue weighted by Crippen LogP contribution is 2.25. The Balaban J connectivity index is 2.76. The number of carbonyl (C=O) groups is 1. The summed E-state index contributed by atoms with van der Waals surface area (Å²) in [7, 11) is 1.55. The Hall–Kier alpha value is -1.52. The number of methoxy groups -OCH3 is 1. The van der Waals surface area contributed by atoms with Gasteiger partial charge in [-0.1, -0.05) is 23.7 Å². The standard InChI is InChI=1S/C13H16ClNO3/c1-3-6-15(9-13(16)17)8-10-4-5-12(18-2)11(14)7-10/h3-5,7H,1,6,8-9H2,2H3,(H,16,17). The number of ether oxygens (including phenoxy) is 1. The highest BCUT2D eigenvalue weighted by atomic mass is 35.5. The van der Waals surface area contributed by atoms with E-state index < -0.39 is 5.97 Å². The zero-order valence-electron chi connectivity index (χ0n) is 10.2. The number of nitrogens with zero attached hydrogens (tertiary/aromatic N) is 1. The van der Waals surface area contributed by atoms with Crippen molar-refractivity contribution in [3.8, 4) is 5.75 Å². The van der Waals surface area contributed by atoms with E-state index in [1.807, 2.05) is 6.07 Å². The maximum Gasteiger partial charge on any atom is 0.317 e. The Morgan fingerprint density at radius 1 is 1.61 bits per heavy atom. The fourth-order valence-corrected chi connectivity index (χ4v) is 1.91. The molecule has 0 spiro atoms. The van der Waals surface area contributed by atoms with E-state index in [1.54, 1.807) is 30.2 Å². The van der Waals surface area contributed by atoms with Crippen molar-refractivity contribution >= 4 is 17.6 Å². The molecule has 5 heteroatoms. The normalized spacial score (nSPS) is 10.4. The van der Waals surface area contributed by atoms with Crippen LogP contribution in [0.15, 0.2) is 30.9 Å². The van der Waals surface area contributed by atoms with Gasteiger partial charge < -0.3 is 9.84 Å². The Kier molecular flexibility index (Phi) is 5.68. The molecule has 0 atom stereocenters. The molecule has 0 aliphatic rings. The highest BCUT2D eigenvalue weighted by molar-refractivity contribution is 6.32. The van der Waals surface area contributed by atoms with Crippen LogP contribution < -0.4 is 4.74 Å². The Labute approximate surface area is 111 Å². The molecule has 0 heterocycles. The summed E-state index contributed by atoms with van der Waals surface area (Å²) in [4.78, 5) is 12.5. The van der Waals surface area contributed by atoms with Crippen LogP contribution >= 0.6 is 11.6 Å². The largest absolute Gasteiger partial charge is 0.495 e. The number of hydrogen-bond acceptors (Lipinski definition) is 3. The molecule has 1 aromatic carbocycles. The SMILES string of the molecule is C=CCN(CC(=O)O)Cc1ccc(OC)c(Cl)c1. The summed E-state index contributed by atoms with van der Waals surface area (Å²) in [5.41, 5.74) is 0.934. The monoisotopic (exact) mass is 269 g/mol. The second-order valence-electron chi connectivity index (χ2n) is 3.82. The summed E-state index contributed by atoms with van der Waals surface area (Å²) in [5, 5.41) is 9.32. The number of aliphatic carboxylic acids is 1. The van der Waals surface area contributed by atoms with Crippen molar-refractivity contribution in [1.29, 1.82) is 0 Å². The van der Waals surface area contributed by atoms with E-state index in [4.69, 9.17) is 21.4 Å². The van der Waals surface area contributed by atoms with Gasteiger partial charge in [-0.15, -0.1) is 6.58 Å². The molecule has 0 bridgehead atoms. The molecule has 0 radical (unpaired) electrons. The minimum absolute atomic E-state index is 0.0321. The van der Waals surface area contributed by atoms with Gasteiger partial charge in [0.25, 0.3) is 0 Å². The van der Waals surface area contributed by atoms with E-state index >= 15 is 0 Å². The molecular weight excluding hydrogens is 254 g/mol. The fourth-order valence-electron chi connectivity index (χ4n) is 1.63. The van der Waals surface area contributed by atoms with Gasteiger partial charge in [0.15, 0.2) is 0 Å². The lowest BCUT2D eigenvalue weighted by Crippen LogP contribution is -2.29. The molecule has 0 fully saturated rings. The predicted molar refractivity (Wildman–Crippen MR) is 71.1 cm³/mol. The first-order valence-electron chi connectivity index (χ1n) is 5.44.